The molecule has 9 heteroatoms. The maximum absolute atomic E-state index is 12.8. The first kappa shape index (κ1) is 25.3. The number of hydrogen-bond acceptors (Lipinski definition) is 9. The number of carbonyl (C=O) groups excluding carboxylic acids is 1. The van der Waals surface area contributed by atoms with Crippen LogP contribution in [0.15, 0.2) is 72.0 Å². The largest absolute Gasteiger partial charge is 0.497 e. The second kappa shape index (κ2) is 11.3. The van der Waals surface area contributed by atoms with Crippen LogP contribution in [0.3, 0.4) is 0 Å². The third-order valence-corrected chi connectivity index (χ3v) is 5.70. The molecule has 4 rings (SSSR count). The van der Waals surface area contributed by atoms with Crippen LogP contribution in [0.1, 0.15) is 21.6 Å². The van der Waals surface area contributed by atoms with E-state index in [0.717, 1.165) is 5.39 Å². The minimum Gasteiger partial charge on any atom is -0.497 e. The number of aromatic nitrogens is 1. The number of benzene rings is 3. The number of hydrogen-bond donors (Lipinski definition) is 0. The predicted octanol–water partition coefficient (Wildman–Crippen LogP) is 4.89. The molecule has 0 bridgehead atoms. The van der Waals surface area contributed by atoms with Crippen LogP contribution in [-0.2, 0) is 4.84 Å². The Morgan fingerprint density at radius 3 is 1.95 bits per heavy atom. The van der Waals surface area contributed by atoms with E-state index in [1.807, 2.05) is 12.1 Å². The summed E-state index contributed by atoms with van der Waals surface area (Å²) in [6.07, 6.45) is 1.64. The lowest BCUT2D eigenvalue weighted by Gasteiger charge is -2.14. The zero-order chi connectivity index (χ0) is 26.4. The van der Waals surface area contributed by atoms with Crippen molar-refractivity contribution in [2.24, 2.45) is 5.16 Å². The van der Waals surface area contributed by atoms with Gasteiger partial charge in [-0.2, -0.15) is 0 Å². The molecule has 0 atom stereocenters. The van der Waals surface area contributed by atoms with Gasteiger partial charge in [0.1, 0.15) is 17.2 Å². The topological polar surface area (TPSA) is 97.7 Å². The van der Waals surface area contributed by atoms with Crippen molar-refractivity contribution in [3.8, 4) is 28.7 Å². The SMILES string of the molecule is COc1ccc(C(=O)ON=C(c2ccc(OC)c(OC)c2)c2nccc3cc(OC)c(OC)cc23)cc1. The van der Waals surface area contributed by atoms with Crippen molar-refractivity contribution in [1.29, 1.82) is 0 Å². The molecule has 0 saturated carbocycles. The molecule has 4 aromatic rings. The number of carbonyl (C=O) groups is 1. The van der Waals surface area contributed by atoms with Crippen molar-refractivity contribution >= 4 is 22.5 Å². The summed E-state index contributed by atoms with van der Waals surface area (Å²) in [5, 5.41) is 5.81. The normalized spacial score (nSPS) is 11.1. The number of oxime groups is 1. The zero-order valence-electron chi connectivity index (χ0n) is 21.1. The van der Waals surface area contributed by atoms with Crippen molar-refractivity contribution in [3.63, 3.8) is 0 Å². The van der Waals surface area contributed by atoms with Gasteiger partial charge in [0, 0.05) is 17.1 Å². The van der Waals surface area contributed by atoms with Crippen LogP contribution in [-0.4, -0.2) is 52.2 Å². The number of methoxy groups -OCH3 is 5. The van der Waals surface area contributed by atoms with Crippen molar-refractivity contribution in [2.45, 2.75) is 0 Å². The summed E-state index contributed by atoms with van der Waals surface area (Å²) in [5.74, 6) is 2.09. The molecule has 190 valence electrons. The molecular weight excluding hydrogens is 476 g/mol. The molecule has 0 fully saturated rings. The van der Waals surface area contributed by atoms with Gasteiger partial charge in [0.05, 0.1) is 41.1 Å². The summed E-state index contributed by atoms with van der Waals surface area (Å²) in [4.78, 5) is 22.8. The highest BCUT2D eigenvalue weighted by atomic mass is 16.7. The second-order valence-electron chi connectivity index (χ2n) is 7.70. The van der Waals surface area contributed by atoms with Crippen LogP contribution in [0.4, 0.5) is 0 Å². The first-order valence-electron chi connectivity index (χ1n) is 11.2. The Labute approximate surface area is 214 Å². The first-order chi connectivity index (χ1) is 18.0. The van der Waals surface area contributed by atoms with Crippen molar-refractivity contribution < 1.29 is 33.3 Å². The second-order valence-corrected chi connectivity index (χ2v) is 7.70. The van der Waals surface area contributed by atoms with Gasteiger partial charge >= 0.3 is 5.97 Å². The fourth-order valence-corrected chi connectivity index (χ4v) is 3.77. The fourth-order valence-electron chi connectivity index (χ4n) is 3.77. The summed E-state index contributed by atoms with van der Waals surface area (Å²) >= 11 is 0. The quantitative estimate of drug-likeness (QED) is 0.181. The molecule has 9 nitrogen and oxygen atoms in total. The van der Waals surface area contributed by atoms with Crippen molar-refractivity contribution in [2.75, 3.05) is 35.5 Å². The van der Waals surface area contributed by atoms with Gasteiger partial charge in [-0.25, -0.2) is 4.79 Å². The van der Waals surface area contributed by atoms with Gasteiger partial charge in [0.15, 0.2) is 23.0 Å². The van der Waals surface area contributed by atoms with Crippen LogP contribution < -0.4 is 23.7 Å². The Balaban J connectivity index is 1.86. The summed E-state index contributed by atoms with van der Waals surface area (Å²) in [6.45, 7) is 0. The smallest absolute Gasteiger partial charge is 0.365 e. The molecular formula is C28H26N2O7. The molecule has 0 spiro atoms. The highest BCUT2D eigenvalue weighted by Crippen LogP contribution is 2.35. The number of nitrogens with zero attached hydrogens (tertiary/aromatic N) is 2. The minimum absolute atomic E-state index is 0.306. The molecule has 0 aliphatic carbocycles. The van der Waals surface area contributed by atoms with Crippen molar-refractivity contribution in [1.82, 2.24) is 4.98 Å². The minimum atomic E-state index is -0.639. The Morgan fingerprint density at radius 2 is 1.30 bits per heavy atom. The average molecular weight is 503 g/mol. The average Bonchev–Trinajstić information content (AvgIpc) is 2.96. The van der Waals surface area contributed by atoms with Crippen LogP contribution >= 0.6 is 0 Å². The molecule has 3 aromatic carbocycles. The maximum Gasteiger partial charge on any atom is 0.365 e. The van der Waals surface area contributed by atoms with E-state index in [2.05, 4.69) is 10.1 Å². The van der Waals surface area contributed by atoms with Crippen LogP contribution in [0.2, 0.25) is 0 Å². The number of ether oxygens (including phenoxy) is 5. The lowest BCUT2D eigenvalue weighted by Crippen LogP contribution is -2.11. The van der Waals surface area contributed by atoms with E-state index in [1.165, 1.54) is 7.11 Å². The van der Waals surface area contributed by atoms with Gasteiger partial charge < -0.3 is 28.5 Å². The van der Waals surface area contributed by atoms with E-state index in [0.29, 0.717) is 56.7 Å². The molecule has 0 N–H and O–H groups in total. The third-order valence-electron chi connectivity index (χ3n) is 5.70. The van der Waals surface area contributed by atoms with Crippen molar-refractivity contribution in [3.05, 3.63) is 83.7 Å². The third kappa shape index (κ3) is 5.25. The fraction of sp³-hybridized carbons (Fsp3) is 0.179. The molecule has 1 aromatic heterocycles. The summed E-state index contributed by atoms with van der Waals surface area (Å²) in [7, 11) is 7.76. The predicted molar refractivity (Wildman–Crippen MR) is 138 cm³/mol. The molecule has 0 saturated heterocycles. The van der Waals surface area contributed by atoms with E-state index in [1.54, 1.807) is 83.2 Å². The molecule has 1 heterocycles. The van der Waals surface area contributed by atoms with Crippen LogP contribution in [0.5, 0.6) is 28.7 Å². The number of fused-ring (bicyclic) bond motifs is 1. The molecule has 0 aliphatic heterocycles. The van der Waals surface area contributed by atoms with Gasteiger partial charge in [-0.3, -0.25) is 4.98 Å². The molecule has 0 amide bonds. The lowest BCUT2D eigenvalue weighted by molar-refractivity contribution is 0.0517. The Hall–Kier alpha value is -4.79. The van der Waals surface area contributed by atoms with Gasteiger partial charge in [-0.05, 0) is 66.0 Å². The highest BCUT2D eigenvalue weighted by Gasteiger charge is 2.19. The Morgan fingerprint density at radius 1 is 0.676 bits per heavy atom. The van der Waals surface area contributed by atoms with Gasteiger partial charge in [-0.15, -0.1) is 0 Å². The first-order valence-corrected chi connectivity index (χ1v) is 11.2. The summed E-state index contributed by atoms with van der Waals surface area (Å²) in [5.41, 5.74) is 1.68. The van der Waals surface area contributed by atoms with Gasteiger partial charge in [0.25, 0.3) is 0 Å². The highest BCUT2D eigenvalue weighted by molar-refractivity contribution is 6.18. The van der Waals surface area contributed by atoms with E-state index in [9.17, 15) is 4.79 Å². The van der Waals surface area contributed by atoms with E-state index in [4.69, 9.17) is 28.5 Å². The van der Waals surface area contributed by atoms with Gasteiger partial charge in [0.2, 0.25) is 0 Å². The van der Waals surface area contributed by atoms with E-state index in [-0.39, 0.29) is 0 Å². The standard InChI is InChI=1S/C28H26N2O7/c1-32-20-9-6-17(7-10-20)28(31)37-30-26(19-8-11-22(33-2)23(15-19)34-3)27-21-16-25(36-5)24(35-4)14-18(21)12-13-29-27/h6-16H,1-5H3. The maximum atomic E-state index is 12.8. The Kier molecular flexibility index (Phi) is 7.73. The lowest BCUT2D eigenvalue weighted by atomic mass is 10.0. The molecule has 0 aliphatic rings. The monoisotopic (exact) mass is 502 g/mol. The Bertz CT molecular complexity index is 1450. The van der Waals surface area contributed by atoms with Gasteiger partial charge in [-0.1, -0.05) is 5.16 Å². The number of pyridine rings is 1. The molecule has 0 unspecified atom stereocenters. The van der Waals surface area contributed by atoms with Crippen LogP contribution in [0.25, 0.3) is 10.8 Å². The molecule has 0 radical (unpaired) electrons. The van der Waals surface area contributed by atoms with E-state index < -0.39 is 5.97 Å². The van der Waals surface area contributed by atoms with E-state index >= 15 is 0 Å². The summed E-state index contributed by atoms with van der Waals surface area (Å²) < 4.78 is 26.9. The molecule has 37 heavy (non-hydrogen) atoms. The summed E-state index contributed by atoms with van der Waals surface area (Å²) in [6, 6.07) is 17.3. The zero-order valence-corrected chi connectivity index (χ0v) is 21.1. The van der Waals surface area contributed by atoms with Crippen LogP contribution in [0, 0.1) is 0 Å². The number of rotatable bonds is 9.